The van der Waals surface area contributed by atoms with Crippen LogP contribution in [0.1, 0.15) is 17.5 Å². The second kappa shape index (κ2) is 6.68. The zero-order chi connectivity index (χ0) is 13.7. The summed E-state index contributed by atoms with van der Waals surface area (Å²) in [4.78, 5) is 15.9. The van der Waals surface area contributed by atoms with Crippen LogP contribution in [0.2, 0.25) is 0 Å². The molecule has 0 unspecified atom stereocenters. The van der Waals surface area contributed by atoms with E-state index in [1.54, 1.807) is 0 Å². The maximum atomic E-state index is 11.6. The molecule has 104 valence electrons. The molecule has 1 aromatic carbocycles. The van der Waals surface area contributed by atoms with Gasteiger partial charge in [0.2, 0.25) is 5.91 Å². The lowest BCUT2D eigenvalue weighted by Gasteiger charge is -2.22. The second-order valence-corrected chi connectivity index (χ2v) is 5.14. The molecule has 1 amide bonds. The molecule has 0 saturated carbocycles. The lowest BCUT2D eigenvalue weighted by molar-refractivity contribution is -0.129. The summed E-state index contributed by atoms with van der Waals surface area (Å²) in [6, 6.07) is 8.49. The van der Waals surface area contributed by atoms with E-state index in [0.717, 1.165) is 39.1 Å². The maximum absolute atomic E-state index is 11.6. The number of hydrogen-bond acceptors (Lipinski definition) is 3. The molecule has 0 aliphatic carbocycles. The Labute approximate surface area is 115 Å². The lowest BCUT2D eigenvalue weighted by Crippen LogP contribution is -2.38. The normalized spacial score (nSPS) is 17.3. The Morgan fingerprint density at radius 1 is 1.21 bits per heavy atom. The van der Waals surface area contributed by atoms with E-state index in [0.29, 0.717) is 0 Å². The number of amides is 1. The van der Waals surface area contributed by atoms with E-state index in [4.69, 9.17) is 5.73 Å². The predicted octanol–water partition coefficient (Wildman–Crippen LogP) is 0.988. The third-order valence-corrected chi connectivity index (χ3v) is 3.77. The SMILES string of the molecule is Cc1ccccc1CN1CCCN(C(=O)CN)CC1. The molecule has 1 aromatic rings. The molecule has 1 aliphatic heterocycles. The first-order valence-corrected chi connectivity index (χ1v) is 6.95. The van der Waals surface area contributed by atoms with E-state index in [9.17, 15) is 4.79 Å². The zero-order valence-electron chi connectivity index (χ0n) is 11.6. The minimum absolute atomic E-state index is 0.0674. The van der Waals surface area contributed by atoms with Gasteiger partial charge in [-0.25, -0.2) is 0 Å². The van der Waals surface area contributed by atoms with Crippen LogP contribution in [0.15, 0.2) is 24.3 Å². The Kier molecular flexibility index (Phi) is 4.93. The molecule has 2 N–H and O–H groups in total. The fourth-order valence-corrected chi connectivity index (χ4v) is 2.54. The first-order chi connectivity index (χ1) is 9.20. The summed E-state index contributed by atoms with van der Waals surface area (Å²) >= 11 is 0. The molecule has 1 heterocycles. The summed E-state index contributed by atoms with van der Waals surface area (Å²) < 4.78 is 0. The van der Waals surface area contributed by atoms with Gasteiger partial charge in [-0.2, -0.15) is 0 Å². The number of benzene rings is 1. The first-order valence-electron chi connectivity index (χ1n) is 6.95. The largest absolute Gasteiger partial charge is 0.340 e. The number of nitrogens with two attached hydrogens (primary N) is 1. The van der Waals surface area contributed by atoms with Crippen LogP contribution in [0.25, 0.3) is 0 Å². The number of carbonyl (C=O) groups is 1. The molecule has 1 fully saturated rings. The van der Waals surface area contributed by atoms with Crippen molar-refractivity contribution in [2.24, 2.45) is 5.73 Å². The van der Waals surface area contributed by atoms with Crippen molar-refractivity contribution in [3.63, 3.8) is 0 Å². The third-order valence-electron chi connectivity index (χ3n) is 3.77. The number of nitrogens with zero attached hydrogens (tertiary/aromatic N) is 2. The molecule has 1 aliphatic rings. The van der Waals surface area contributed by atoms with Crippen molar-refractivity contribution in [3.05, 3.63) is 35.4 Å². The standard InChI is InChI=1S/C15H23N3O/c1-13-5-2-3-6-14(13)12-17-7-4-8-18(10-9-17)15(19)11-16/h2-3,5-6H,4,7-12,16H2,1H3. The monoisotopic (exact) mass is 261 g/mol. The molecule has 0 spiro atoms. The molecule has 1 saturated heterocycles. The van der Waals surface area contributed by atoms with Crippen LogP contribution in [0.5, 0.6) is 0 Å². The Morgan fingerprint density at radius 2 is 2.00 bits per heavy atom. The summed E-state index contributed by atoms with van der Waals surface area (Å²) in [5.74, 6) is 0.0674. The van der Waals surface area contributed by atoms with Gasteiger partial charge in [0.05, 0.1) is 6.54 Å². The highest BCUT2D eigenvalue weighted by atomic mass is 16.2. The maximum Gasteiger partial charge on any atom is 0.236 e. The summed E-state index contributed by atoms with van der Waals surface area (Å²) in [6.07, 6.45) is 1.03. The number of carbonyl (C=O) groups excluding carboxylic acids is 1. The predicted molar refractivity (Wildman–Crippen MR) is 76.7 cm³/mol. The van der Waals surface area contributed by atoms with Crippen LogP contribution in [-0.2, 0) is 11.3 Å². The van der Waals surface area contributed by atoms with Gasteiger partial charge in [0.25, 0.3) is 0 Å². The van der Waals surface area contributed by atoms with Gasteiger partial charge in [0, 0.05) is 32.7 Å². The van der Waals surface area contributed by atoms with E-state index in [1.165, 1.54) is 11.1 Å². The van der Waals surface area contributed by atoms with Crippen LogP contribution >= 0.6 is 0 Å². The van der Waals surface area contributed by atoms with Gasteiger partial charge in [-0.15, -0.1) is 0 Å². The van der Waals surface area contributed by atoms with Gasteiger partial charge in [-0.1, -0.05) is 24.3 Å². The molecular formula is C15H23N3O. The molecule has 0 radical (unpaired) electrons. The molecular weight excluding hydrogens is 238 g/mol. The van der Waals surface area contributed by atoms with E-state index >= 15 is 0 Å². The van der Waals surface area contributed by atoms with Crippen LogP contribution < -0.4 is 5.73 Å². The average molecular weight is 261 g/mol. The Bertz CT molecular complexity index is 433. The zero-order valence-corrected chi connectivity index (χ0v) is 11.6. The highest BCUT2D eigenvalue weighted by molar-refractivity contribution is 5.78. The Hall–Kier alpha value is -1.39. The van der Waals surface area contributed by atoms with Gasteiger partial charge in [0.15, 0.2) is 0 Å². The van der Waals surface area contributed by atoms with Crippen molar-refractivity contribution in [1.29, 1.82) is 0 Å². The second-order valence-electron chi connectivity index (χ2n) is 5.14. The van der Waals surface area contributed by atoms with Crippen LogP contribution in [0.4, 0.5) is 0 Å². The quantitative estimate of drug-likeness (QED) is 0.882. The molecule has 19 heavy (non-hydrogen) atoms. The lowest BCUT2D eigenvalue weighted by atomic mass is 10.1. The van der Waals surface area contributed by atoms with Crippen LogP contribution in [0.3, 0.4) is 0 Å². The smallest absolute Gasteiger partial charge is 0.236 e. The van der Waals surface area contributed by atoms with Gasteiger partial charge in [-0.3, -0.25) is 9.69 Å². The van der Waals surface area contributed by atoms with Gasteiger partial charge < -0.3 is 10.6 Å². The molecule has 0 bridgehead atoms. The fraction of sp³-hybridized carbons (Fsp3) is 0.533. The molecule has 4 heteroatoms. The highest BCUT2D eigenvalue weighted by Crippen LogP contribution is 2.12. The van der Waals surface area contributed by atoms with Crippen molar-refractivity contribution in [3.8, 4) is 0 Å². The molecule has 4 nitrogen and oxygen atoms in total. The summed E-state index contributed by atoms with van der Waals surface area (Å²) in [5, 5.41) is 0. The number of aryl methyl sites for hydroxylation is 1. The van der Waals surface area contributed by atoms with Gasteiger partial charge in [0.1, 0.15) is 0 Å². The van der Waals surface area contributed by atoms with Gasteiger partial charge in [-0.05, 0) is 24.5 Å². The summed E-state index contributed by atoms with van der Waals surface area (Å²) in [6.45, 7) is 6.84. The van der Waals surface area contributed by atoms with E-state index < -0.39 is 0 Å². The van der Waals surface area contributed by atoms with Crippen LogP contribution in [0, 0.1) is 6.92 Å². The summed E-state index contributed by atoms with van der Waals surface area (Å²) in [7, 11) is 0. The highest BCUT2D eigenvalue weighted by Gasteiger charge is 2.18. The number of hydrogen-bond donors (Lipinski definition) is 1. The minimum Gasteiger partial charge on any atom is -0.340 e. The van der Waals surface area contributed by atoms with E-state index in [1.807, 2.05) is 4.90 Å². The number of rotatable bonds is 3. The van der Waals surface area contributed by atoms with Crippen molar-refractivity contribution in [2.75, 3.05) is 32.7 Å². The van der Waals surface area contributed by atoms with Crippen molar-refractivity contribution < 1.29 is 4.79 Å². The summed E-state index contributed by atoms with van der Waals surface area (Å²) in [5.41, 5.74) is 8.14. The first kappa shape index (κ1) is 14.0. The molecule has 0 atom stereocenters. The van der Waals surface area contributed by atoms with Crippen molar-refractivity contribution >= 4 is 5.91 Å². The topological polar surface area (TPSA) is 49.6 Å². The van der Waals surface area contributed by atoms with Crippen LogP contribution in [-0.4, -0.2) is 48.4 Å². The van der Waals surface area contributed by atoms with Crippen molar-refractivity contribution in [2.45, 2.75) is 19.9 Å². The minimum atomic E-state index is 0.0674. The molecule has 0 aromatic heterocycles. The van der Waals surface area contributed by atoms with Crippen molar-refractivity contribution in [1.82, 2.24) is 9.80 Å². The molecule has 2 rings (SSSR count). The van der Waals surface area contributed by atoms with Gasteiger partial charge >= 0.3 is 0 Å². The Balaban J connectivity index is 1.93. The van der Waals surface area contributed by atoms with E-state index in [-0.39, 0.29) is 12.5 Å². The fourth-order valence-electron chi connectivity index (χ4n) is 2.54. The average Bonchev–Trinajstić information content (AvgIpc) is 2.66. The van der Waals surface area contributed by atoms with E-state index in [2.05, 4.69) is 36.1 Å². The third kappa shape index (κ3) is 3.78. The Morgan fingerprint density at radius 3 is 2.74 bits per heavy atom.